The van der Waals surface area contributed by atoms with Crippen LogP contribution in [0.5, 0.6) is 5.75 Å². The van der Waals surface area contributed by atoms with Crippen LogP contribution in [0.1, 0.15) is 12.2 Å². The van der Waals surface area contributed by atoms with Crippen LogP contribution in [0, 0.1) is 17.2 Å². The van der Waals surface area contributed by atoms with Crippen molar-refractivity contribution < 1.29 is 24.2 Å². The average Bonchev–Trinajstić information content (AvgIpc) is 3.41. The van der Waals surface area contributed by atoms with Crippen molar-refractivity contribution >= 4 is 34.2 Å². The van der Waals surface area contributed by atoms with Gasteiger partial charge in [0.2, 0.25) is 5.91 Å². The first-order valence-corrected chi connectivity index (χ1v) is 9.89. The zero-order valence-corrected chi connectivity index (χ0v) is 17.2. The number of amides is 1. The van der Waals surface area contributed by atoms with E-state index in [0.29, 0.717) is 22.5 Å². The minimum atomic E-state index is -0.697. The van der Waals surface area contributed by atoms with Crippen LogP contribution in [-0.2, 0) is 14.3 Å². The SMILES string of the molecule is COc1ccccc1N1C[C@H](C(=O)OC/C(O)=C(\C#N)c2nc3ccccc3[nH]2)CC1=O. The summed E-state index contributed by atoms with van der Waals surface area (Å²) in [4.78, 5) is 33.7. The van der Waals surface area contributed by atoms with E-state index in [9.17, 15) is 20.0 Å². The number of aliphatic hydroxyl groups excluding tert-OH is 1. The molecule has 1 atom stereocenters. The molecule has 0 radical (unpaired) electrons. The fraction of sp³-hybridized carbons (Fsp3) is 0.217. The van der Waals surface area contributed by atoms with Gasteiger partial charge in [0.05, 0.1) is 29.7 Å². The van der Waals surface area contributed by atoms with E-state index in [4.69, 9.17) is 9.47 Å². The molecule has 0 aliphatic carbocycles. The van der Waals surface area contributed by atoms with Crippen LogP contribution in [0.4, 0.5) is 5.69 Å². The maximum absolute atomic E-state index is 12.5. The molecule has 9 heteroatoms. The lowest BCUT2D eigenvalue weighted by Crippen LogP contribution is -2.27. The number of hydrogen-bond acceptors (Lipinski definition) is 7. The predicted molar refractivity (Wildman–Crippen MR) is 116 cm³/mol. The van der Waals surface area contributed by atoms with Crippen LogP contribution in [0.25, 0.3) is 16.6 Å². The lowest BCUT2D eigenvalue weighted by atomic mass is 10.1. The van der Waals surface area contributed by atoms with E-state index >= 15 is 0 Å². The standard InChI is InChI=1S/C23H20N4O5/c1-31-20-9-5-4-8-18(20)27-12-14(10-21(27)29)23(30)32-13-19(28)15(11-24)22-25-16-6-2-3-7-17(16)26-22/h2-9,14,28H,10,12-13H2,1H3,(H,25,26)/b19-15-/t14-/m1/s1. The number of aromatic nitrogens is 2. The van der Waals surface area contributed by atoms with Crippen LogP contribution in [0.2, 0.25) is 0 Å². The van der Waals surface area contributed by atoms with E-state index in [1.165, 1.54) is 12.0 Å². The lowest BCUT2D eigenvalue weighted by molar-refractivity contribution is -0.148. The predicted octanol–water partition coefficient (Wildman–Crippen LogP) is 2.96. The second kappa shape index (κ2) is 8.81. The van der Waals surface area contributed by atoms with Gasteiger partial charge in [-0.15, -0.1) is 0 Å². The van der Waals surface area contributed by atoms with Gasteiger partial charge >= 0.3 is 5.97 Å². The summed E-state index contributed by atoms with van der Waals surface area (Å²) in [7, 11) is 1.51. The molecular formula is C23H20N4O5. The van der Waals surface area contributed by atoms with Gasteiger partial charge in [-0.2, -0.15) is 5.26 Å². The topological polar surface area (TPSA) is 129 Å². The number of benzene rings is 2. The van der Waals surface area contributed by atoms with E-state index in [1.54, 1.807) is 36.4 Å². The van der Waals surface area contributed by atoms with E-state index in [1.807, 2.05) is 18.2 Å². The fourth-order valence-corrected chi connectivity index (χ4v) is 3.61. The Morgan fingerprint density at radius 3 is 2.78 bits per heavy atom. The summed E-state index contributed by atoms with van der Waals surface area (Å²) in [5.41, 5.74) is 1.81. The number of hydrogen-bond donors (Lipinski definition) is 2. The third kappa shape index (κ3) is 3.98. The number of carbonyl (C=O) groups excluding carboxylic acids is 2. The van der Waals surface area contributed by atoms with Crippen LogP contribution in [-0.4, -0.2) is 47.2 Å². The number of nitrogens with zero attached hydrogens (tertiary/aromatic N) is 3. The van der Waals surface area contributed by atoms with Crippen molar-refractivity contribution in [2.75, 3.05) is 25.2 Å². The molecule has 3 aromatic rings. The molecule has 9 nitrogen and oxygen atoms in total. The van der Waals surface area contributed by atoms with E-state index in [-0.39, 0.29) is 30.3 Å². The van der Waals surface area contributed by atoms with Crippen molar-refractivity contribution in [3.8, 4) is 11.8 Å². The molecule has 1 saturated heterocycles. The Hall–Kier alpha value is -4.32. The number of H-pyrrole nitrogens is 1. The Morgan fingerprint density at radius 2 is 2.03 bits per heavy atom. The highest BCUT2D eigenvalue weighted by molar-refractivity contribution is 6.00. The molecule has 2 aromatic carbocycles. The highest BCUT2D eigenvalue weighted by Gasteiger charge is 2.37. The van der Waals surface area contributed by atoms with Crippen LogP contribution in [0.3, 0.4) is 0 Å². The van der Waals surface area contributed by atoms with Crippen molar-refractivity contribution in [2.24, 2.45) is 5.92 Å². The summed E-state index contributed by atoms with van der Waals surface area (Å²) in [6, 6.07) is 16.1. The highest BCUT2D eigenvalue weighted by atomic mass is 16.5. The van der Waals surface area contributed by atoms with Crippen molar-refractivity contribution in [1.82, 2.24) is 9.97 Å². The van der Waals surface area contributed by atoms with Gasteiger partial charge in [0, 0.05) is 13.0 Å². The van der Waals surface area contributed by atoms with Crippen molar-refractivity contribution in [2.45, 2.75) is 6.42 Å². The normalized spacial score (nSPS) is 16.6. The van der Waals surface area contributed by atoms with Gasteiger partial charge in [0.1, 0.15) is 24.0 Å². The number of nitriles is 1. The number of rotatable bonds is 6. The second-order valence-electron chi connectivity index (χ2n) is 7.22. The molecule has 0 unspecified atom stereocenters. The lowest BCUT2D eigenvalue weighted by Gasteiger charge is -2.19. The monoisotopic (exact) mass is 432 g/mol. The van der Waals surface area contributed by atoms with E-state index < -0.39 is 24.3 Å². The third-order valence-electron chi connectivity index (χ3n) is 5.21. The first-order chi connectivity index (χ1) is 15.5. The molecule has 32 heavy (non-hydrogen) atoms. The first-order valence-electron chi connectivity index (χ1n) is 9.89. The summed E-state index contributed by atoms with van der Waals surface area (Å²) in [5, 5.41) is 19.8. The molecule has 162 valence electrons. The smallest absolute Gasteiger partial charge is 0.311 e. The fourth-order valence-electron chi connectivity index (χ4n) is 3.61. The number of ether oxygens (including phenoxy) is 2. The Balaban J connectivity index is 1.45. The van der Waals surface area contributed by atoms with Crippen molar-refractivity contribution in [3.63, 3.8) is 0 Å². The van der Waals surface area contributed by atoms with Crippen LogP contribution >= 0.6 is 0 Å². The molecule has 2 N–H and O–H groups in total. The number of carbonyl (C=O) groups is 2. The van der Waals surface area contributed by atoms with Gasteiger partial charge in [-0.05, 0) is 24.3 Å². The molecule has 1 fully saturated rings. The van der Waals surface area contributed by atoms with Gasteiger partial charge in [-0.1, -0.05) is 24.3 Å². The number of nitrogens with one attached hydrogen (secondary N) is 1. The number of fused-ring (bicyclic) bond motifs is 1. The summed E-state index contributed by atoms with van der Waals surface area (Å²) < 4.78 is 10.5. The molecule has 4 rings (SSSR count). The van der Waals surface area contributed by atoms with Gasteiger partial charge < -0.3 is 24.5 Å². The van der Waals surface area contributed by atoms with E-state index in [0.717, 1.165) is 0 Å². The van der Waals surface area contributed by atoms with E-state index in [2.05, 4.69) is 9.97 Å². The second-order valence-corrected chi connectivity index (χ2v) is 7.22. The third-order valence-corrected chi connectivity index (χ3v) is 5.21. The number of aromatic amines is 1. The summed E-state index contributed by atoms with van der Waals surface area (Å²) in [5.74, 6) is -1.27. The van der Waals surface area contributed by atoms with Crippen LogP contribution < -0.4 is 9.64 Å². The number of methoxy groups -OCH3 is 1. The van der Waals surface area contributed by atoms with Gasteiger partial charge in [-0.3, -0.25) is 9.59 Å². The Kier molecular flexibility index (Phi) is 5.77. The molecule has 1 aliphatic rings. The maximum Gasteiger partial charge on any atom is 0.311 e. The van der Waals surface area contributed by atoms with Crippen molar-refractivity contribution in [1.29, 1.82) is 5.26 Å². The summed E-state index contributed by atoms with van der Waals surface area (Å²) >= 11 is 0. The highest BCUT2D eigenvalue weighted by Crippen LogP contribution is 2.33. The largest absolute Gasteiger partial charge is 0.507 e. The van der Waals surface area contributed by atoms with Crippen molar-refractivity contribution in [3.05, 3.63) is 60.1 Å². The number of allylic oxidation sites excluding steroid dienone is 1. The molecular weight excluding hydrogens is 412 g/mol. The maximum atomic E-state index is 12.5. The quantitative estimate of drug-likeness (QED) is 0.348. The molecule has 0 spiro atoms. The molecule has 1 amide bonds. The van der Waals surface area contributed by atoms with Gasteiger partial charge in [-0.25, -0.2) is 4.98 Å². The Labute approximate surface area is 183 Å². The number of aliphatic hydroxyl groups is 1. The summed E-state index contributed by atoms with van der Waals surface area (Å²) in [6.07, 6.45) is -0.0178. The number of imidazole rings is 1. The van der Waals surface area contributed by atoms with Gasteiger partial charge in [0.15, 0.2) is 11.6 Å². The Bertz CT molecular complexity index is 1220. The number of anilines is 1. The average molecular weight is 432 g/mol. The minimum absolute atomic E-state index is 0.0178. The number of esters is 1. The van der Waals surface area contributed by atoms with Gasteiger partial charge in [0.25, 0.3) is 0 Å². The van der Waals surface area contributed by atoms with Crippen LogP contribution in [0.15, 0.2) is 54.3 Å². The zero-order chi connectivity index (χ0) is 22.7. The number of para-hydroxylation sites is 4. The summed E-state index contributed by atoms with van der Waals surface area (Å²) in [6.45, 7) is -0.366. The molecule has 0 bridgehead atoms. The minimum Gasteiger partial charge on any atom is -0.507 e. The molecule has 1 aliphatic heterocycles. The Morgan fingerprint density at radius 1 is 1.28 bits per heavy atom. The zero-order valence-electron chi connectivity index (χ0n) is 17.2. The first kappa shape index (κ1) is 20.9. The molecule has 2 heterocycles. The molecule has 1 aromatic heterocycles. The molecule has 0 saturated carbocycles.